The average Bonchev–Trinajstić information content (AvgIpc) is 2.83. The van der Waals surface area contributed by atoms with E-state index in [9.17, 15) is 0 Å². The molecule has 1 fully saturated rings. The van der Waals surface area contributed by atoms with Crippen LogP contribution in [0, 0.1) is 0 Å². The Kier molecular flexibility index (Phi) is 3.93. The third-order valence-corrected chi connectivity index (χ3v) is 4.45. The molecule has 6 heteroatoms. The van der Waals surface area contributed by atoms with E-state index in [1.165, 1.54) is 0 Å². The van der Waals surface area contributed by atoms with Crippen molar-refractivity contribution in [2.75, 3.05) is 17.3 Å². The van der Waals surface area contributed by atoms with Gasteiger partial charge in [0.15, 0.2) is 5.82 Å². The second-order valence-corrected chi connectivity index (χ2v) is 5.84. The summed E-state index contributed by atoms with van der Waals surface area (Å²) in [6.07, 6.45) is 0. The molecule has 1 aromatic rings. The van der Waals surface area contributed by atoms with Crippen molar-refractivity contribution in [2.45, 2.75) is 24.6 Å². The Morgan fingerprint density at radius 3 is 3.13 bits per heavy atom. The summed E-state index contributed by atoms with van der Waals surface area (Å²) in [6.45, 7) is 2.12. The standard InChI is InChI=1S/C9H15N3OS2/c1-2-14-5-8-11-9(13-12-8)6-3-15-4-7(6)10/h6-7H,2-5,10H2,1H3. The van der Waals surface area contributed by atoms with E-state index in [2.05, 4.69) is 17.1 Å². The van der Waals surface area contributed by atoms with Crippen molar-refractivity contribution in [3.05, 3.63) is 11.7 Å². The van der Waals surface area contributed by atoms with Crippen LogP contribution in [0.5, 0.6) is 0 Å². The van der Waals surface area contributed by atoms with Crippen LogP contribution in [-0.2, 0) is 5.75 Å². The van der Waals surface area contributed by atoms with Crippen LogP contribution in [0.1, 0.15) is 24.6 Å². The second-order valence-electron chi connectivity index (χ2n) is 3.49. The lowest BCUT2D eigenvalue weighted by atomic mass is 10.1. The maximum absolute atomic E-state index is 5.97. The molecular formula is C9H15N3OS2. The molecule has 2 atom stereocenters. The molecule has 1 aliphatic rings. The van der Waals surface area contributed by atoms with E-state index < -0.39 is 0 Å². The molecule has 0 amide bonds. The Bertz CT molecular complexity index is 318. The van der Waals surface area contributed by atoms with Gasteiger partial charge in [-0.05, 0) is 5.75 Å². The van der Waals surface area contributed by atoms with E-state index in [0.717, 1.165) is 34.7 Å². The second kappa shape index (κ2) is 5.23. The van der Waals surface area contributed by atoms with Gasteiger partial charge in [-0.1, -0.05) is 12.1 Å². The number of thioether (sulfide) groups is 2. The molecular weight excluding hydrogens is 230 g/mol. The van der Waals surface area contributed by atoms with Gasteiger partial charge in [-0.2, -0.15) is 28.5 Å². The van der Waals surface area contributed by atoms with E-state index in [4.69, 9.17) is 10.3 Å². The topological polar surface area (TPSA) is 64.9 Å². The number of aromatic nitrogens is 2. The van der Waals surface area contributed by atoms with E-state index in [0.29, 0.717) is 0 Å². The minimum atomic E-state index is 0.169. The summed E-state index contributed by atoms with van der Waals surface area (Å²) in [5, 5.41) is 3.96. The first-order valence-corrected chi connectivity index (χ1v) is 7.35. The number of nitrogens with two attached hydrogens (primary N) is 1. The van der Waals surface area contributed by atoms with Crippen LogP contribution in [-0.4, -0.2) is 33.4 Å². The molecule has 0 bridgehead atoms. The van der Waals surface area contributed by atoms with Gasteiger partial charge in [0.25, 0.3) is 0 Å². The van der Waals surface area contributed by atoms with Crippen LogP contribution in [0.25, 0.3) is 0 Å². The summed E-state index contributed by atoms with van der Waals surface area (Å²) in [5.74, 6) is 5.66. The highest BCUT2D eigenvalue weighted by Crippen LogP contribution is 2.30. The van der Waals surface area contributed by atoms with Crippen LogP contribution in [0.15, 0.2) is 4.52 Å². The summed E-state index contributed by atoms with van der Waals surface area (Å²) in [6, 6.07) is 0.169. The zero-order valence-corrected chi connectivity index (χ0v) is 10.3. The van der Waals surface area contributed by atoms with Gasteiger partial charge < -0.3 is 10.3 Å². The van der Waals surface area contributed by atoms with Crippen LogP contribution in [0.4, 0.5) is 0 Å². The van der Waals surface area contributed by atoms with Gasteiger partial charge in [0.2, 0.25) is 5.89 Å². The van der Waals surface area contributed by atoms with Gasteiger partial charge in [0.1, 0.15) is 0 Å². The molecule has 0 aromatic carbocycles. The van der Waals surface area contributed by atoms with Gasteiger partial charge in [-0.25, -0.2) is 0 Å². The first kappa shape index (κ1) is 11.3. The minimum absolute atomic E-state index is 0.169. The highest BCUT2D eigenvalue weighted by atomic mass is 32.2. The quantitative estimate of drug-likeness (QED) is 0.867. The summed E-state index contributed by atoms with van der Waals surface area (Å²) in [5.41, 5.74) is 5.97. The van der Waals surface area contributed by atoms with Gasteiger partial charge >= 0.3 is 0 Å². The fourth-order valence-corrected chi connectivity index (χ4v) is 3.28. The molecule has 2 N–H and O–H groups in total. The smallest absolute Gasteiger partial charge is 0.232 e. The summed E-state index contributed by atoms with van der Waals surface area (Å²) >= 11 is 3.65. The monoisotopic (exact) mass is 245 g/mol. The fourth-order valence-electron chi connectivity index (χ4n) is 1.50. The Labute approximate surface area is 97.8 Å². The van der Waals surface area contributed by atoms with Gasteiger partial charge in [0.05, 0.1) is 11.7 Å². The fraction of sp³-hybridized carbons (Fsp3) is 0.778. The highest BCUT2D eigenvalue weighted by Gasteiger charge is 2.30. The summed E-state index contributed by atoms with van der Waals surface area (Å²) < 4.78 is 5.25. The molecule has 1 saturated heterocycles. The zero-order chi connectivity index (χ0) is 10.7. The molecule has 0 aliphatic carbocycles. The van der Waals surface area contributed by atoms with Gasteiger partial charge in [-0.15, -0.1) is 0 Å². The van der Waals surface area contributed by atoms with Crippen molar-refractivity contribution in [2.24, 2.45) is 5.73 Å². The molecule has 0 saturated carbocycles. The maximum atomic E-state index is 5.97. The lowest BCUT2D eigenvalue weighted by molar-refractivity contribution is 0.349. The summed E-state index contributed by atoms with van der Waals surface area (Å²) in [4.78, 5) is 4.39. The Morgan fingerprint density at radius 1 is 1.60 bits per heavy atom. The first-order valence-electron chi connectivity index (χ1n) is 5.04. The van der Waals surface area contributed by atoms with Crippen molar-refractivity contribution in [3.8, 4) is 0 Å². The molecule has 0 radical (unpaired) electrons. The highest BCUT2D eigenvalue weighted by molar-refractivity contribution is 7.99. The lowest BCUT2D eigenvalue weighted by Crippen LogP contribution is -2.26. The Morgan fingerprint density at radius 2 is 2.47 bits per heavy atom. The SMILES string of the molecule is CCSCc1noc(C2CSCC2N)n1. The van der Waals surface area contributed by atoms with E-state index in [1.54, 1.807) is 11.8 Å². The largest absolute Gasteiger partial charge is 0.339 e. The van der Waals surface area contributed by atoms with Crippen molar-refractivity contribution in [3.63, 3.8) is 0 Å². The molecule has 1 aliphatic heterocycles. The normalized spacial score (nSPS) is 26.0. The third kappa shape index (κ3) is 2.68. The van der Waals surface area contributed by atoms with Crippen LogP contribution < -0.4 is 5.73 Å². The molecule has 84 valence electrons. The van der Waals surface area contributed by atoms with Crippen LogP contribution >= 0.6 is 23.5 Å². The van der Waals surface area contributed by atoms with Crippen molar-refractivity contribution < 1.29 is 4.52 Å². The molecule has 2 rings (SSSR count). The van der Waals surface area contributed by atoms with Gasteiger partial charge in [-0.3, -0.25) is 0 Å². The van der Waals surface area contributed by atoms with Gasteiger partial charge in [0, 0.05) is 17.5 Å². The average molecular weight is 245 g/mol. The lowest BCUT2D eigenvalue weighted by Gasteiger charge is -2.07. The molecule has 4 nitrogen and oxygen atoms in total. The van der Waals surface area contributed by atoms with Crippen LogP contribution in [0.3, 0.4) is 0 Å². The number of hydrogen-bond acceptors (Lipinski definition) is 6. The molecule has 0 spiro atoms. The van der Waals surface area contributed by atoms with E-state index in [1.807, 2.05) is 11.8 Å². The summed E-state index contributed by atoms with van der Waals surface area (Å²) in [7, 11) is 0. The van der Waals surface area contributed by atoms with Crippen molar-refractivity contribution in [1.29, 1.82) is 0 Å². The molecule has 2 unspecified atom stereocenters. The predicted octanol–water partition coefficient (Wildman–Crippen LogP) is 1.48. The van der Waals surface area contributed by atoms with Crippen LogP contribution in [0.2, 0.25) is 0 Å². The number of nitrogens with zero attached hydrogens (tertiary/aromatic N) is 2. The third-order valence-electron chi connectivity index (χ3n) is 2.36. The molecule has 15 heavy (non-hydrogen) atoms. The Balaban J connectivity index is 1.99. The molecule has 1 aromatic heterocycles. The van der Waals surface area contributed by atoms with E-state index in [-0.39, 0.29) is 12.0 Å². The Hall–Kier alpha value is -0.200. The first-order chi connectivity index (χ1) is 7.31. The minimum Gasteiger partial charge on any atom is -0.339 e. The predicted molar refractivity (Wildman–Crippen MR) is 64.2 cm³/mol. The number of rotatable bonds is 4. The maximum Gasteiger partial charge on any atom is 0.232 e. The number of hydrogen-bond donors (Lipinski definition) is 1. The van der Waals surface area contributed by atoms with Crippen molar-refractivity contribution in [1.82, 2.24) is 10.1 Å². The van der Waals surface area contributed by atoms with E-state index >= 15 is 0 Å². The van der Waals surface area contributed by atoms with Crippen molar-refractivity contribution >= 4 is 23.5 Å². The molecule has 2 heterocycles. The zero-order valence-electron chi connectivity index (χ0n) is 8.68.